The number of hydrogen-bond acceptors (Lipinski definition) is 7. The average molecular weight is 1150 g/mol. The normalized spacial score (nSPS) is 12.5. The van der Waals surface area contributed by atoms with Crippen LogP contribution in [0.3, 0.4) is 0 Å². The zero-order chi connectivity index (χ0) is 59.8. The van der Waals surface area contributed by atoms with Gasteiger partial charge in [0.25, 0.3) is 0 Å². The fourth-order valence-corrected chi connectivity index (χ4v) is 11.0. The molecule has 82 heavy (non-hydrogen) atoms. The van der Waals surface area contributed by atoms with Gasteiger partial charge < -0.3 is 15.2 Å². The zero-order valence-electron chi connectivity index (χ0n) is 55.0. The molecule has 7 nitrogen and oxygen atoms in total. The van der Waals surface area contributed by atoms with Crippen molar-refractivity contribution < 1.29 is 28.7 Å². The third-order valence-electron chi connectivity index (χ3n) is 16.7. The first-order valence-corrected chi connectivity index (χ1v) is 36.1. The number of esters is 2. The SMILES string of the molecule is CCCCCCCC/C=C\CCCCCCCC(=O)OCC(OC(=O)CCCCCCC/C=C\CCCCCCCC)C(N)(C(=O)CCCCCCC/C=C\CCCCCCCC)C(=O)CCCCCCC/C=C\CCCCCCCC. The summed E-state index contributed by atoms with van der Waals surface area (Å²) in [6.07, 6.45) is 77.8. The standard InChI is InChI=1S/C75H137NO6/c1-5-9-13-17-21-25-29-33-37-41-45-49-53-57-61-65-70(77)75(76,71(78)66-62-58-54-50-46-42-38-34-30-26-22-18-14-10-6-2)72(82-74(80)68-64-60-56-52-48-44-40-36-32-28-24-20-16-12-8-4)69-81-73(79)67-63-59-55-51-47-43-39-35-31-27-23-19-15-11-7-3/h33-40,72H,5-32,41-69,76H2,1-4H3/b37-33-,38-34-,39-35-,40-36-. The number of nitrogens with two attached hydrogens (primary N) is 1. The molecule has 0 saturated carbocycles. The summed E-state index contributed by atoms with van der Waals surface area (Å²) in [6, 6.07) is 0. The van der Waals surface area contributed by atoms with E-state index in [0.29, 0.717) is 25.7 Å². The molecular formula is C75H137NO6. The van der Waals surface area contributed by atoms with Gasteiger partial charge in [0.05, 0.1) is 0 Å². The number of hydrogen-bond donors (Lipinski definition) is 1. The molecule has 7 heteroatoms. The van der Waals surface area contributed by atoms with E-state index >= 15 is 0 Å². The Balaban J connectivity index is 5.64. The van der Waals surface area contributed by atoms with Gasteiger partial charge in [-0.25, -0.2) is 0 Å². The number of ether oxygens (including phenoxy) is 2. The fourth-order valence-electron chi connectivity index (χ4n) is 11.0. The van der Waals surface area contributed by atoms with E-state index < -0.39 is 41.8 Å². The Labute approximate surface area is 509 Å². The van der Waals surface area contributed by atoms with Crippen LogP contribution in [-0.4, -0.2) is 41.8 Å². The van der Waals surface area contributed by atoms with Crippen LogP contribution in [0, 0.1) is 0 Å². The lowest BCUT2D eigenvalue weighted by Gasteiger charge is -2.34. The van der Waals surface area contributed by atoms with E-state index in [1.807, 2.05) is 0 Å². The first-order chi connectivity index (χ1) is 40.3. The maximum Gasteiger partial charge on any atom is 0.306 e. The Morgan fingerprint density at radius 1 is 0.293 bits per heavy atom. The molecule has 0 saturated heterocycles. The van der Waals surface area contributed by atoms with E-state index in [4.69, 9.17) is 15.2 Å². The highest BCUT2D eigenvalue weighted by atomic mass is 16.6. The molecule has 1 atom stereocenters. The van der Waals surface area contributed by atoms with Crippen LogP contribution in [0.4, 0.5) is 0 Å². The van der Waals surface area contributed by atoms with Gasteiger partial charge in [-0.1, -0.05) is 282 Å². The van der Waals surface area contributed by atoms with Crippen LogP contribution in [0.1, 0.15) is 387 Å². The van der Waals surface area contributed by atoms with Crippen molar-refractivity contribution in [2.75, 3.05) is 6.61 Å². The Hall–Kier alpha value is -2.80. The van der Waals surface area contributed by atoms with Gasteiger partial charge in [0.15, 0.2) is 23.2 Å². The van der Waals surface area contributed by atoms with Gasteiger partial charge in [-0.3, -0.25) is 19.2 Å². The molecule has 478 valence electrons. The van der Waals surface area contributed by atoms with Gasteiger partial charge in [-0.05, 0) is 128 Å². The second-order valence-corrected chi connectivity index (χ2v) is 24.7. The van der Waals surface area contributed by atoms with Crippen molar-refractivity contribution in [3.8, 4) is 0 Å². The topological polar surface area (TPSA) is 113 Å². The molecule has 0 aliphatic rings. The minimum Gasteiger partial charge on any atom is -0.462 e. The van der Waals surface area contributed by atoms with Gasteiger partial charge in [-0.2, -0.15) is 0 Å². The summed E-state index contributed by atoms with van der Waals surface area (Å²) in [4.78, 5) is 56.0. The quantitative estimate of drug-likeness (QED) is 0.0279. The zero-order valence-corrected chi connectivity index (χ0v) is 55.0. The first-order valence-electron chi connectivity index (χ1n) is 36.1. The van der Waals surface area contributed by atoms with Gasteiger partial charge in [0.1, 0.15) is 6.61 Å². The molecule has 0 aromatic heterocycles. The maximum atomic E-state index is 14.5. The van der Waals surface area contributed by atoms with Crippen molar-refractivity contribution in [2.45, 2.75) is 399 Å². The number of Topliss-reactive ketones (excluding diaryl/α,β-unsaturated/α-hetero) is 2. The Kier molecular flexibility index (Phi) is 62.0. The number of carbonyl (C=O) groups excluding carboxylic acids is 4. The van der Waals surface area contributed by atoms with E-state index in [1.54, 1.807) is 0 Å². The van der Waals surface area contributed by atoms with Crippen LogP contribution in [0.25, 0.3) is 0 Å². The molecule has 0 spiro atoms. The average Bonchev–Trinajstić information content (AvgIpc) is 3.65. The summed E-state index contributed by atoms with van der Waals surface area (Å²) in [5, 5.41) is 0. The molecule has 0 heterocycles. The maximum absolute atomic E-state index is 14.5. The van der Waals surface area contributed by atoms with Crippen LogP contribution in [0.5, 0.6) is 0 Å². The predicted molar refractivity (Wildman–Crippen MR) is 356 cm³/mol. The third-order valence-corrected chi connectivity index (χ3v) is 16.7. The van der Waals surface area contributed by atoms with Crippen molar-refractivity contribution in [1.29, 1.82) is 0 Å². The predicted octanol–water partition coefficient (Wildman–Crippen LogP) is 23.4. The summed E-state index contributed by atoms with van der Waals surface area (Å²) < 4.78 is 11.9. The lowest BCUT2D eigenvalue weighted by atomic mass is 9.80. The van der Waals surface area contributed by atoms with Crippen molar-refractivity contribution in [3.63, 3.8) is 0 Å². The number of ketones is 2. The molecule has 0 aromatic carbocycles. The lowest BCUT2D eigenvalue weighted by molar-refractivity contribution is -0.168. The fraction of sp³-hybridized carbons (Fsp3) is 0.840. The van der Waals surface area contributed by atoms with Gasteiger partial charge >= 0.3 is 11.9 Å². The van der Waals surface area contributed by atoms with Gasteiger partial charge in [0.2, 0.25) is 0 Å². The molecule has 0 fully saturated rings. The lowest BCUT2D eigenvalue weighted by Crippen LogP contribution is -2.65. The molecule has 0 radical (unpaired) electrons. The van der Waals surface area contributed by atoms with Gasteiger partial charge in [0, 0.05) is 25.7 Å². The summed E-state index contributed by atoms with van der Waals surface area (Å²) in [5.74, 6) is -1.72. The van der Waals surface area contributed by atoms with Crippen LogP contribution < -0.4 is 5.73 Å². The molecule has 0 rings (SSSR count). The van der Waals surface area contributed by atoms with E-state index in [-0.39, 0.29) is 25.7 Å². The summed E-state index contributed by atoms with van der Waals surface area (Å²) >= 11 is 0. The Morgan fingerprint density at radius 2 is 0.500 bits per heavy atom. The molecule has 0 amide bonds. The molecule has 0 aromatic rings. The van der Waals surface area contributed by atoms with Crippen molar-refractivity contribution in [3.05, 3.63) is 48.6 Å². The highest BCUT2D eigenvalue weighted by Crippen LogP contribution is 2.25. The second kappa shape index (κ2) is 64.2. The summed E-state index contributed by atoms with van der Waals surface area (Å²) in [7, 11) is 0. The second-order valence-electron chi connectivity index (χ2n) is 24.7. The van der Waals surface area contributed by atoms with Crippen LogP contribution in [0.15, 0.2) is 48.6 Å². The van der Waals surface area contributed by atoms with E-state index in [0.717, 1.165) is 141 Å². The van der Waals surface area contributed by atoms with Gasteiger partial charge in [-0.15, -0.1) is 0 Å². The van der Waals surface area contributed by atoms with E-state index in [9.17, 15) is 19.2 Å². The largest absolute Gasteiger partial charge is 0.462 e. The van der Waals surface area contributed by atoms with E-state index in [1.165, 1.54) is 167 Å². The van der Waals surface area contributed by atoms with E-state index in [2.05, 4.69) is 76.3 Å². The first kappa shape index (κ1) is 79.2. The summed E-state index contributed by atoms with van der Waals surface area (Å²) in [5.41, 5.74) is 5.03. The number of carbonyl (C=O) groups is 4. The number of allylic oxidation sites excluding steroid dienone is 8. The highest BCUT2D eigenvalue weighted by Gasteiger charge is 2.50. The monoisotopic (exact) mass is 1150 g/mol. The summed E-state index contributed by atoms with van der Waals surface area (Å²) in [6.45, 7) is 8.65. The molecule has 0 aliphatic carbocycles. The molecule has 0 aliphatic heterocycles. The molecule has 0 bridgehead atoms. The molecule has 2 N–H and O–H groups in total. The van der Waals surface area contributed by atoms with Crippen molar-refractivity contribution in [2.24, 2.45) is 5.73 Å². The van der Waals surface area contributed by atoms with Crippen molar-refractivity contribution in [1.82, 2.24) is 0 Å². The smallest absolute Gasteiger partial charge is 0.306 e. The van der Waals surface area contributed by atoms with Crippen LogP contribution in [0.2, 0.25) is 0 Å². The van der Waals surface area contributed by atoms with Crippen LogP contribution in [-0.2, 0) is 28.7 Å². The third kappa shape index (κ3) is 52.7. The Morgan fingerprint density at radius 3 is 0.756 bits per heavy atom. The minimum atomic E-state index is -2.08. The number of unbranched alkanes of at least 4 members (excludes halogenated alkanes) is 44. The highest BCUT2D eigenvalue weighted by molar-refractivity contribution is 6.12. The van der Waals surface area contributed by atoms with Crippen LogP contribution >= 0.6 is 0 Å². The molecular weight excluding hydrogens is 1010 g/mol. The van der Waals surface area contributed by atoms with Crippen molar-refractivity contribution >= 4 is 23.5 Å². The minimum absolute atomic E-state index is 0.123. The molecule has 1 unspecified atom stereocenters. The Bertz CT molecular complexity index is 1480. The number of rotatable bonds is 66.